The highest BCUT2D eigenvalue weighted by Gasteiger charge is 2.22. The van der Waals surface area contributed by atoms with Crippen molar-refractivity contribution in [2.24, 2.45) is 0 Å². The summed E-state index contributed by atoms with van der Waals surface area (Å²) < 4.78 is 9.28. The molecule has 3 heteroatoms. The fourth-order valence-corrected chi connectivity index (χ4v) is 9.15. The van der Waals surface area contributed by atoms with E-state index in [1.54, 1.807) is 0 Å². The number of pyridine rings is 1. The van der Waals surface area contributed by atoms with Crippen molar-refractivity contribution >= 4 is 75.1 Å². The van der Waals surface area contributed by atoms with E-state index in [0.29, 0.717) is 0 Å². The van der Waals surface area contributed by atoms with Gasteiger partial charge in [-0.25, -0.2) is 4.98 Å². The Morgan fingerprint density at radius 2 is 0.981 bits per heavy atom. The van der Waals surface area contributed by atoms with E-state index in [9.17, 15) is 0 Å². The van der Waals surface area contributed by atoms with E-state index in [4.69, 9.17) is 9.40 Å². The number of aromatic nitrogens is 1. The minimum absolute atomic E-state index is 0.863. The zero-order valence-electron chi connectivity index (χ0n) is 28.0. The van der Waals surface area contributed by atoms with Crippen molar-refractivity contribution in [3.63, 3.8) is 0 Å². The van der Waals surface area contributed by atoms with Gasteiger partial charge >= 0.3 is 0 Å². The van der Waals surface area contributed by atoms with Crippen LogP contribution >= 0.6 is 11.3 Å². The molecule has 52 heavy (non-hydrogen) atoms. The lowest BCUT2D eigenvalue weighted by atomic mass is 9.88. The largest absolute Gasteiger partial charge is 0.456 e. The van der Waals surface area contributed by atoms with Crippen LogP contribution in [-0.4, -0.2) is 4.98 Å². The summed E-state index contributed by atoms with van der Waals surface area (Å²) in [5.74, 6) is 0. The van der Waals surface area contributed by atoms with Crippen LogP contribution in [0.15, 0.2) is 180 Å². The van der Waals surface area contributed by atoms with Gasteiger partial charge in [0.2, 0.25) is 0 Å². The van der Waals surface area contributed by atoms with Crippen LogP contribution in [-0.2, 0) is 0 Å². The number of rotatable bonds is 4. The summed E-state index contributed by atoms with van der Waals surface area (Å²) in [6.45, 7) is 0. The number of thiophene rings is 1. The van der Waals surface area contributed by atoms with Crippen LogP contribution in [0.2, 0.25) is 0 Å². The first-order valence-electron chi connectivity index (χ1n) is 17.6. The van der Waals surface area contributed by atoms with Gasteiger partial charge in [0.25, 0.3) is 0 Å². The summed E-state index contributed by atoms with van der Waals surface area (Å²) in [4.78, 5) is 5.26. The van der Waals surface area contributed by atoms with E-state index < -0.39 is 0 Å². The maximum absolute atomic E-state index is 6.63. The number of para-hydroxylation sites is 2. The van der Waals surface area contributed by atoms with Crippen LogP contribution in [0, 0.1) is 0 Å². The average Bonchev–Trinajstić information content (AvgIpc) is 3.78. The molecule has 0 saturated carbocycles. The first-order chi connectivity index (χ1) is 25.8. The zero-order chi connectivity index (χ0) is 34.2. The van der Waals surface area contributed by atoms with Gasteiger partial charge in [-0.3, -0.25) is 0 Å². The summed E-state index contributed by atoms with van der Waals surface area (Å²) in [6, 6.07) is 63.2. The molecule has 11 aromatic rings. The molecule has 0 aliphatic carbocycles. The number of fused-ring (bicyclic) bond motifs is 9. The van der Waals surface area contributed by atoms with Gasteiger partial charge in [0.1, 0.15) is 11.2 Å². The quantitative estimate of drug-likeness (QED) is 0.173. The molecule has 2 nitrogen and oxygen atoms in total. The number of furan rings is 1. The van der Waals surface area contributed by atoms with Crippen LogP contribution in [0.3, 0.4) is 0 Å². The van der Waals surface area contributed by atoms with Crippen LogP contribution < -0.4 is 0 Å². The highest BCUT2D eigenvalue weighted by molar-refractivity contribution is 7.25. The molecule has 0 spiro atoms. The molecule has 0 N–H and O–H groups in total. The fourth-order valence-electron chi connectivity index (χ4n) is 8.06. The average molecular weight is 680 g/mol. The maximum atomic E-state index is 6.63. The first-order valence-corrected chi connectivity index (χ1v) is 18.4. The van der Waals surface area contributed by atoms with Crippen LogP contribution in [0.1, 0.15) is 0 Å². The maximum Gasteiger partial charge on any atom is 0.136 e. The van der Waals surface area contributed by atoms with Crippen LogP contribution in [0.5, 0.6) is 0 Å². The van der Waals surface area contributed by atoms with E-state index in [0.717, 1.165) is 55.0 Å². The predicted octanol–water partition coefficient (Wildman–Crippen LogP) is 14.3. The van der Waals surface area contributed by atoms with Gasteiger partial charge in [-0.15, -0.1) is 11.3 Å². The molecule has 0 atom stereocenters. The van der Waals surface area contributed by atoms with Gasteiger partial charge in [0, 0.05) is 58.2 Å². The van der Waals surface area contributed by atoms with E-state index in [-0.39, 0.29) is 0 Å². The number of benzene rings is 8. The fraction of sp³-hybridized carbons (Fsp3) is 0. The second-order valence-corrected chi connectivity index (χ2v) is 14.5. The van der Waals surface area contributed by atoms with Crippen molar-refractivity contribution in [2.45, 2.75) is 0 Å². The molecule has 0 fully saturated rings. The summed E-state index contributed by atoms with van der Waals surface area (Å²) >= 11 is 1.86. The molecule has 0 saturated heterocycles. The van der Waals surface area contributed by atoms with E-state index in [1.165, 1.54) is 53.4 Å². The molecule has 11 rings (SSSR count). The Kier molecular flexibility index (Phi) is 6.46. The van der Waals surface area contributed by atoms with Crippen molar-refractivity contribution < 1.29 is 4.42 Å². The Hall–Kier alpha value is -6.55. The molecule has 0 amide bonds. The van der Waals surface area contributed by atoms with Gasteiger partial charge in [-0.1, -0.05) is 127 Å². The number of hydrogen-bond acceptors (Lipinski definition) is 3. The van der Waals surface area contributed by atoms with Gasteiger partial charge in [-0.05, 0) is 76.3 Å². The molecule has 0 radical (unpaired) electrons. The lowest BCUT2D eigenvalue weighted by Gasteiger charge is -2.16. The van der Waals surface area contributed by atoms with Crippen LogP contribution in [0.4, 0.5) is 0 Å². The van der Waals surface area contributed by atoms with Gasteiger partial charge in [-0.2, -0.15) is 0 Å². The lowest BCUT2D eigenvalue weighted by molar-refractivity contribution is 0.669. The van der Waals surface area contributed by atoms with Gasteiger partial charge < -0.3 is 4.42 Å². The molecule has 242 valence electrons. The Balaban J connectivity index is 1.16. The van der Waals surface area contributed by atoms with Gasteiger partial charge in [0.15, 0.2) is 0 Å². The third-order valence-electron chi connectivity index (χ3n) is 10.4. The molecule has 0 aliphatic heterocycles. The third kappa shape index (κ3) is 4.53. The molecule has 0 unspecified atom stereocenters. The Bertz CT molecular complexity index is 3190. The van der Waals surface area contributed by atoms with Crippen molar-refractivity contribution in [3.8, 4) is 44.6 Å². The Morgan fingerprint density at radius 3 is 1.81 bits per heavy atom. The second kappa shape index (κ2) is 11.5. The lowest BCUT2D eigenvalue weighted by Crippen LogP contribution is -1.93. The van der Waals surface area contributed by atoms with E-state index in [1.807, 2.05) is 17.4 Å². The summed E-state index contributed by atoms with van der Waals surface area (Å²) in [5, 5.41) is 8.26. The molecular weight excluding hydrogens is 651 g/mol. The Labute approximate surface area is 303 Å². The van der Waals surface area contributed by atoms with Crippen molar-refractivity contribution in [3.05, 3.63) is 176 Å². The number of nitrogens with zero attached hydrogens (tertiary/aromatic N) is 1. The smallest absolute Gasteiger partial charge is 0.136 e. The highest BCUT2D eigenvalue weighted by atomic mass is 32.1. The minimum Gasteiger partial charge on any atom is -0.456 e. The van der Waals surface area contributed by atoms with Crippen molar-refractivity contribution in [1.29, 1.82) is 0 Å². The number of hydrogen-bond donors (Lipinski definition) is 0. The topological polar surface area (TPSA) is 26.0 Å². The molecule has 3 heterocycles. The van der Waals surface area contributed by atoms with E-state index in [2.05, 4.69) is 170 Å². The Morgan fingerprint density at radius 1 is 0.365 bits per heavy atom. The summed E-state index contributed by atoms with van der Waals surface area (Å²) in [6.07, 6.45) is 0. The first kappa shape index (κ1) is 29.2. The van der Waals surface area contributed by atoms with Crippen molar-refractivity contribution in [2.75, 3.05) is 0 Å². The zero-order valence-corrected chi connectivity index (χ0v) is 28.8. The molecule has 0 bridgehead atoms. The molecule has 0 aliphatic rings. The van der Waals surface area contributed by atoms with Crippen molar-refractivity contribution in [1.82, 2.24) is 4.98 Å². The third-order valence-corrected chi connectivity index (χ3v) is 11.6. The summed E-state index contributed by atoms with van der Waals surface area (Å²) in [5.41, 5.74) is 11.8. The highest BCUT2D eigenvalue weighted by Crippen LogP contribution is 2.47. The summed E-state index contributed by atoms with van der Waals surface area (Å²) in [7, 11) is 0. The standard InChI is InChI=1S/C49H29NOS/c1-2-12-30(13-3-1)49-40-29-43-48(38-20-5-8-22-42(38)51-43)46(47(40)37-19-4-7-21-41(37)50-49)35-17-11-16-33(27-35)31-14-10-15-32(26-31)34-24-25-45-39(28-34)36-18-6-9-23-44(36)52-45/h1-29H. The van der Waals surface area contributed by atoms with Gasteiger partial charge in [0.05, 0.1) is 11.2 Å². The molecule has 8 aromatic carbocycles. The second-order valence-electron chi connectivity index (χ2n) is 13.5. The SMILES string of the molecule is c1ccc(-c2nc3ccccc3c3c(-c4cccc(-c5cccc(-c6ccc7sc8ccccc8c7c6)c5)c4)c4c(cc23)oc2ccccc24)cc1. The molecular formula is C49H29NOS. The van der Waals surface area contributed by atoms with E-state index >= 15 is 0 Å². The predicted molar refractivity (Wildman–Crippen MR) is 221 cm³/mol. The monoisotopic (exact) mass is 679 g/mol. The molecule has 3 aromatic heterocycles. The van der Waals surface area contributed by atoms with Crippen LogP contribution in [0.25, 0.3) is 108 Å². The normalized spacial score (nSPS) is 11.8. The minimum atomic E-state index is 0.863.